The van der Waals surface area contributed by atoms with Gasteiger partial charge >= 0.3 is 0 Å². The van der Waals surface area contributed by atoms with Crippen molar-refractivity contribution in [3.8, 4) is 5.75 Å². The van der Waals surface area contributed by atoms with E-state index in [0.717, 1.165) is 6.07 Å². The minimum Gasteiger partial charge on any atom is -0.493 e. The van der Waals surface area contributed by atoms with E-state index < -0.39 is 23.7 Å². The first-order chi connectivity index (χ1) is 13.3. The Hall–Kier alpha value is -2.54. The second-order valence-corrected chi connectivity index (χ2v) is 7.37. The van der Waals surface area contributed by atoms with Crippen LogP contribution in [0.3, 0.4) is 0 Å². The van der Waals surface area contributed by atoms with Crippen molar-refractivity contribution in [2.45, 2.75) is 38.9 Å². The Morgan fingerprint density at radius 3 is 2.64 bits per heavy atom. The van der Waals surface area contributed by atoms with E-state index in [9.17, 15) is 13.6 Å². The molecule has 4 unspecified atom stereocenters. The molecule has 0 bridgehead atoms. The number of aromatic nitrogens is 1. The quantitative estimate of drug-likeness (QED) is 0.833. The van der Waals surface area contributed by atoms with Crippen LogP contribution in [-0.2, 0) is 9.53 Å². The molecular formula is C21H24F2N2O3. The summed E-state index contributed by atoms with van der Waals surface area (Å²) in [5.41, 5.74) is 0.955. The summed E-state index contributed by atoms with van der Waals surface area (Å²) in [6, 6.07) is 5.95. The SMILES string of the molecule is COc1c(C2C(C(=O)Nc3cccnc3)OC(C(C)C)C2C)ccc(F)c1F. The molecule has 0 radical (unpaired) electrons. The monoisotopic (exact) mass is 390 g/mol. The van der Waals surface area contributed by atoms with Crippen LogP contribution in [0.1, 0.15) is 32.3 Å². The molecule has 1 amide bonds. The number of hydrogen-bond donors (Lipinski definition) is 1. The minimum atomic E-state index is -1.06. The first-order valence-electron chi connectivity index (χ1n) is 9.23. The van der Waals surface area contributed by atoms with E-state index in [1.54, 1.807) is 18.3 Å². The van der Waals surface area contributed by atoms with E-state index in [-0.39, 0.29) is 29.6 Å². The number of rotatable bonds is 5. The number of carbonyl (C=O) groups excluding carboxylic acids is 1. The lowest BCUT2D eigenvalue weighted by Crippen LogP contribution is -2.33. The number of nitrogens with zero attached hydrogens (tertiary/aromatic N) is 1. The average molecular weight is 390 g/mol. The van der Waals surface area contributed by atoms with Gasteiger partial charge in [0.15, 0.2) is 11.6 Å². The van der Waals surface area contributed by atoms with Crippen molar-refractivity contribution in [3.05, 3.63) is 53.9 Å². The summed E-state index contributed by atoms with van der Waals surface area (Å²) < 4.78 is 39.3. The van der Waals surface area contributed by atoms with Crippen LogP contribution in [0.5, 0.6) is 5.75 Å². The summed E-state index contributed by atoms with van der Waals surface area (Å²) in [6.45, 7) is 5.96. The Kier molecular flexibility index (Phi) is 5.93. The van der Waals surface area contributed by atoms with E-state index >= 15 is 0 Å². The van der Waals surface area contributed by atoms with Gasteiger partial charge in [0, 0.05) is 17.7 Å². The summed E-state index contributed by atoms with van der Waals surface area (Å²) in [4.78, 5) is 17.0. The molecule has 1 saturated heterocycles. The maximum Gasteiger partial charge on any atom is 0.254 e. The highest BCUT2D eigenvalue weighted by atomic mass is 19.2. The number of methoxy groups -OCH3 is 1. The zero-order valence-corrected chi connectivity index (χ0v) is 16.3. The molecule has 7 heteroatoms. The third kappa shape index (κ3) is 3.71. The van der Waals surface area contributed by atoms with Gasteiger partial charge in [0.05, 0.1) is 25.1 Å². The average Bonchev–Trinajstić information content (AvgIpc) is 3.02. The van der Waals surface area contributed by atoms with Gasteiger partial charge in [-0.3, -0.25) is 9.78 Å². The number of hydrogen-bond acceptors (Lipinski definition) is 4. The number of halogens is 2. The first kappa shape index (κ1) is 20.2. The van der Waals surface area contributed by atoms with E-state index in [1.807, 2.05) is 20.8 Å². The zero-order chi connectivity index (χ0) is 20.4. The number of amides is 1. The maximum absolute atomic E-state index is 14.3. The topological polar surface area (TPSA) is 60.5 Å². The number of pyridine rings is 1. The fourth-order valence-corrected chi connectivity index (χ4v) is 3.96. The highest BCUT2D eigenvalue weighted by Gasteiger charge is 2.48. The molecule has 1 N–H and O–H groups in total. The number of carbonyl (C=O) groups is 1. The molecule has 0 spiro atoms. The van der Waals surface area contributed by atoms with Gasteiger partial charge in [-0.2, -0.15) is 4.39 Å². The smallest absolute Gasteiger partial charge is 0.254 e. The first-order valence-corrected chi connectivity index (χ1v) is 9.23. The summed E-state index contributed by atoms with van der Waals surface area (Å²) in [6.07, 6.45) is 2.05. The third-order valence-electron chi connectivity index (χ3n) is 5.20. The Labute approximate surface area is 163 Å². The van der Waals surface area contributed by atoms with Crippen LogP contribution in [0.2, 0.25) is 0 Å². The Morgan fingerprint density at radius 1 is 1.29 bits per heavy atom. The zero-order valence-electron chi connectivity index (χ0n) is 16.3. The fraction of sp³-hybridized carbons (Fsp3) is 0.429. The van der Waals surface area contributed by atoms with Gasteiger partial charge in [0.2, 0.25) is 5.82 Å². The molecular weight excluding hydrogens is 366 g/mol. The van der Waals surface area contributed by atoms with Crippen LogP contribution in [0.15, 0.2) is 36.7 Å². The molecule has 0 saturated carbocycles. The Bertz CT molecular complexity index is 845. The van der Waals surface area contributed by atoms with Crippen LogP contribution in [0.4, 0.5) is 14.5 Å². The van der Waals surface area contributed by atoms with Crippen LogP contribution >= 0.6 is 0 Å². The van der Waals surface area contributed by atoms with Crippen LogP contribution < -0.4 is 10.1 Å². The third-order valence-corrected chi connectivity index (χ3v) is 5.20. The highest BCUT2D eigenvalue weighted by Crippen LogP contribution is 2.46. The molecule has 0 aliphatic carbocycles. The van der Waals surface area contributed by atoms with E-state index in [2.05, 4.69) is 10.3 Å². The summed E-state index contributed by atoms with van der Waals surface area (Å²) in [5.74, 6) is -3.07. The molecule has 3 rings (SSSR count). The van der Waals surface area contributed by atoms with Crippen molar-refractivity contribution in [1.29, 1.82) is 0 Å². The standard InChI is InChI=1S/C21H24F2N2O3/c1-11(2)18-12(3)16(14-7-8-15(22)17(23)19(14)27-4)20(28-18)21(26)25-13-6-5-9-24-10-13/h5-12,16,18,20H,1-4H3,(H,25,26). The second kappa shape index (κ2) is 8.22. The minimum absolute atomic E-state index is 0.108. The number of anilines is 1. The van der Waals surface area contributed by atoms with Crippen LogP contribution in [0.25, 0.3) is 0 Å². The van der Waals surface area contributed by atoms with Gasteiger partial charge in [-0.15, -0.1) is 0 Å². The molecule has 1 aliphatic rings. The number of benzene rings is 1. The van der Waals surface area contributed by atoms with Gasteiger partial charge in [-0.1, -0.05) is 26.8 Å². The molecule has 4 atom stereocenters. The van der Waals surface area contributed by atoms with Crippen molar-refractivity contribution in [2.75, 3.05) is 12.4 Å². The molecule has 5 nitrogen and oxygen atoms in total. The van der Waals surface area contributed by atoms with Gasteiger partial charge in [0.25, 0.3) is 5.91 Å². The van der Waals surface area contributed by atoms with Crippen LogP contribution in [0, 0.1) is 23.5 Å². The lowest BCUT2D eigenvalue weighted by atomic mass is 9.79. The van der Waals surface area contributed by atoms with Crippen molar-refractivity contribution < 1.29 is 23.0 Å². The van der Waals surface area contributed by atoms with E-state index in [4.69, 9.17) is 9.47 Å². The summed E-state index contributed by atoms with van der Waals surface area (Å²) in [5, 5.41) is 2.79. The van der Waals surface area contributed by atoms with Crippen molar-refractivity contribution in [2.24, 2.45) is 11.8 Å². The maximum atomic E-state index is 14.3. The van der Waals surface area contributed by atoms with Crippen molar-refractivity contribution in [1.82, 2.24) is 4.98 Å². The lowest BCUT2D eigenvalue weighted by Gasteiger charge is -2.24. The van der Waals surface area contributed by atoms with E-state index in [1.165, 1.54) is 19.4 Å². The van der Waals surface area contributed by atoms with Crippen LogP contribution in [-0.4, -0.2) is 30.2 Å². The predicted molar refractivity (Wildman–Crippen MR) is 101 cm³/mol. The molecule has 1 fully saturated rings. The molecule has 2 aromatic rings. The molecule has 1 aromatic heterocycles. The summed E-state index contributed by atoms with van der Waals surface area (Å²) >= 11 is 0. The molecule has 2 heterocycles. The molecule has 150 valence electrons. The highest BCUT2D eigenvalue weighted by molar-refractivity contribution is 5.95. The van der Waals surface area contributed by atoms with Gasteiger partial charge in [-0.05, 0) is 30.0 Å². The normalized spacial score (nSPS) is 24.4. The van der Waals surface area contributed by atoms with Crippen molar-refractivity contribution >= 4 is 11.6 Å². The molecule has 1 aromatic carbocycles. The number of nitrogens with one attached hydrogen (secondary N) is 1. The van der Waals surface area contributed by atoms with Crippen molar-refractivity contribution in [3.63, 3.8) is 0 Å². The lowest BCUT2D eigenvalue weighted by molar-refractivity contribution is -0.128. The predicted octanol–water partition coefficient (Wildman–Crippen LogP) is 4.15. The van der Waals surface area contributed by atoms with Gasteiger partial charge < -0.3 is 14.8 Å². The molecule has 1 aliphatic heterocycles. The second-order valence-electron chi connectivity index (χ2n) is 7.37. The van der Waals surface area contributed by atoms with Gasteiger partial charge in [0.1, 0.15) is 6.10 Å². The number of ether oxygens (including phenoxy) is 2. The largest absolute Gasteiger partial charge is 0.493 e. The molecule has 28 heavy (non-hydrogen) atoms. The fourth-order valence-electron chi connectivity index (χ4n) is 3.96. The summed E-state index contributed by atoms with van der Waals surface area (Å²) in [7, 11) is 1.28. The Morgan fingerprint density at radius 2 is 2.04 bits per heavy atom. The Balaban J connectivity index is 2.00. The van der Waals surface area contributed by atoms with E-state index in [0.29, 0.717) is 11.3 Å². The van der Waals surface area contributed by atoms with Gasteiger partial charge in [-0.25, -0.2) is 4.39 Å².